The van der Waals surface area contributed by atoms with E-state index in [1.165, 1.54) is 5.56 Å². The number of nitrogens with two attached hydrogens (primary N) is 1. The molecule has 1 amide bonds. The number of nitrogens with one attached hydrogen (secondary N) is 1. The molecule has 1 fully saturated rings. The van der Waals surface area contributed by atoms with E-state index in [1.807, 2.05) is 13.1 Å². The predicted octanol–water partition coefficient (Wildman–Crippen LogP) is 2.43. The third kappa shape index (κ3) is 2.26. The van der Waals surface area contributed by atoms with E-state index in [-0.39, 0.29) is 16.7 Å². The number of rotatable bonds is 4. The fourth-order valence-electron chi connectivity index (χ4n) is 3.45. The lowest BCUT2D eigenvalue weighted by molar-refractivity contribution is 0.0769. The first-order chi connectivity index (χ1) is 10.4. The lowest BCUT2D eigenvalue weighted by Crippen LogP contribution is -2.36. The average Bonchev–Trinajstić information content (AvgIpc) is 2.83. The summed E-state index contributed by atoms with van der Waals surface area (Å²) in [6.45, 7) is 5.20. The minimum Gasteiger partial charge on any atom is -0.382 e. The Labute approximate surface area is 130 Å². The molecule has 0 bridgehead atoms. The van der Waals surface area contributed by atoms with E-state index in [9.17, 15) is 4.79 Å². The van der Waals surface area contributed by atoms with Gasteiger partial charge in [0, 0.05) is 25.1 Å². The molecule has 1 saturated carbocycles. The van der Waals surface area contributed by atoms with Crippen LogP contribution in [0, 0.1) is 5.41 Å². The Morgan fingerprint density at radius 3 is 2.50 bits per heavy atom. The van der Waals surface area contributed by atoms with E-state index in [0.29, 0.717) is 18.1 Å². The van der Waals surface area contributed by atoms with Gasteiger partial charge in [0.15, 0.2) is 0 Å². The monoisotopic (exact) mass is 298 g/mol. The molecule has 2 aromatic rings. The van der Waals surface area contributed by atoms with E-state index < -0.39 is 0 Å². The van der Waals surface area contributed by atoms with Crippen molar-refractivity contribution in [2.24, 2.45) is 5.41 Å². The lowest BCUT2D eigenvalue weighted by atomic mass is 9.87. The Morgan fingerprint density at radius 1 is 1.36 bits per heavy atom. The highest BCUT2D eigenvalue weighted by Crippen LogP contribution is 2.64. The van der Waals surface area contributed by atoms with Gasteiger partial charge in [0.05, 0.1) is 0 Å². The molecular formula is C17H22N4O. The molecule has 0 spiro atoms. The Hall–Kier alpha value is -2.30. The summed E-state index contributed by atoms with van der Waals surface area (Å²) in [7, 11) is 1.83. The largest absolute Gasteiger partial charge is 0.382 e. The molecule has 1 atom stereocenters. The third-order valence-electron chi connectivity index (χ3n) is 4.92. The molecule has 3 rings (SSSR count). The van der Waals surface area contributed by atoms with Gasteiger partial charge in [-0.05, 0) is 17.4 Å². The maximum atomic E-state index is 12.5. The number of amides is 1. The summed E-state index contributed by atoms with van der Waals surface area (Å²) in [6, 6.07) is 12.0. The highest BCUT2D eigenvalue weighted by atomic mass is 16.2. The number of benzene rings is 1. The summed E-state index contributed by atoms with van der Waals surface area (Å²) < 4.78 is 0. The zero-order valence-electron chi connectivity index (χ0n) is 13.3. The van der Waals surface area contributed by atoms with Gasteiger partial charge in [-0.2, -0.15) is 5.10 Å². The van der Waals surface area contributed by atoms with Crippen molar-refractivity contribution in [1.82, 2.24) is 15.1 Å². The molecule has 5 heteroatoms. The van der Waals surface area contributed by atoms with Crippen molar-refractivity contribution >= 4 is 11.7 Å². The molecule has 3 N–H and O–H groups in total. The second kappa shape index (κ2) is 4.87. The molecule has 22 heavy (non-hydrogen) atoms. The first-order valence-electron chi connectivity index (χ1n) is 7.48. The van der Waals surface area contributed by atoms with Gasteiger partial charge in [0.25, 0.3) is 5.91 Å². The number of anilines is 1. The van der Waals surface area contributed by atoms with Gasteiger partial charge in [-0.3, -0.25) is 9.89 Å². The smallest absolute Gasteiger partial charge is 0.271 e. The summed E-state index contributed by atoms with van der Waals surface area (Å²) in [6.07, 6.45) is 1.08. The van der Waals surface area contributed by atoms with Gasteiger partial charge >= 0.3 is 0 Å². The number of carbonyl (C=O) groups is 1. The molecular weight excluding hydrogens is 276 g/mol. The number of aromatic amines is 1. The van der Waals surface area contributed by atoms with Crippen LogP contribution in [0.25, 0.3) is 0 Å². The first-order valence-corrected chi connectivity index (χ1v) is 7.48. The molecule has 116 valence electrons. The summed E-state index contributed by atoms with van der Waals surface area (Å²) in [5.74, 6) is 0.253. The van der Waals surface area contributed by atoms with Crippen LogP contribution in [-0.4, -0.2) is 34.6 Å². The zero-order chi connectivity index (χ0) is 16.0. The average molecular weight is 298 g/mol. The molecule has 0 aliphatic heterocycles. The minimum atomic E-state index is -0.0813. The normalized spacial score (nSPS) is 22.3. The van der Waals surface area contributed by atoms with Crippen LogP contribution in [0.3, 0.4) is 0 Å². The number of aromatic nitrogens is 2. The van der Waals surface area contributed by atoms with Gasteiger partial charge in [-0.15, -0.1) is 0 Å². The Morgan fingerprint density at radius 2 is 2.00 bits per heavy atom. The van der Waals surface area contributed by atoms with Crippen LogP contribution in [0.2, 0.25) is 0 Å². The second-order valence-electron chi connectivity index (χ2n) is 6.88. The van der Waals surface area contributed by atoms with Crippen molar-refractivity contribution in [3.05, 3.63) is 47.7 Å². The van der Waals surface area contributed by atoms with Crippen molar-refractivity contribution in [1.29, 1.82) is 0 Å². The summed E-state index contributed by atoms with van der Waals surface area (Å²) in [5, 5.41) is 6.51. The van der Waals surface area contributed by atoms with Crippen molar-refractivity contribution in [2.75, 3.05) is 19.3 Å². The maximum Gasteiger partial charge on any atom is 0.271 e. The van der Waals surface area contributed by atoms with E-state index in [1.54, 1.807) is 11.0 Å². The van der Waals surface area contributed by atoms with E-state index in [0.717, 1.165) is 6.42 Å². The van der Waals surface area contributed by atoms with Gasteiger partial charge in [0.2, 0.25) is 0 Å². The number of nitrogens with zero attached hydrogens (tertiary/aromatic N) is 2. The third-order valence-corrected chi connectivity index (χ3v) is 4.92. The van der Waals surface area contributed by atoms with E-state index in [2.05, 4.69) is 48.3 Å². The van der Waals surface area contributed by atoms with Crippen LogP contribution in [-0.2, 0) is 5.41 Å². The number of nitrogen functional groups attached to an aromatic ring is 1. The van der Waals surface area contributed by atoms with Gasteiger partial charge in [0.1, 0.15) is 11.5 Å². The molecule has 0 unspecified atom stereocenters. The van der Waals surface area contributed by atoms with Crippen LogP contribution in [0.5, 0.6) is 0 Å². The van der Waals surface area contributed by atoms with Gasteiger partial charge < -0.3 is 10.6 Å². The highest BCUT2D eigenvalue weighted by Gasteiger charge is 2.62. The number of carbonyl (C=O) groups excluding carboxylic acids is 1. The molecule has 1 aromatic carbocycles. The number of likely N-dealkylation sites (N-methyl/N-ethyl adjacent to an activating group) is 1. The van der Waals surface area contributed by atoms with E-state index in [4.69, 9.17) is 5.73 Å². The van der Waals surface area contributed by atoms with Crippen molar-refractivity contribution < 1.29 is 4.79 Å². The molecule has 5 nitrogen and oxygen atoms in total. The Kier molecular flexibility index (Phi) is 3.24. The molecule has 1 aromatic heterocycles. The second-order valence-corrected chi connectivity index (χ2v) is 6.88. The minimum absolute atomic E-state index is 0.0181. The maximum absolute atomic E-state index is 12.5. The van der Waals surface area contributed by atoms with Gasteiger partial charge in [-0.1, -0.05) is 44.2 Å². The predicted molar refractivity (Wildman–Crippen MR) is 86.5 cm³/mol. The van der Waals surface area contributed by atoms with Crippen LogP contribution >= 0.6 is 0 Å². The molecule has 1 aliphatic carbocycles. The topological polar surface area (TPSA) is 75.0 Å². The highest BCUT2D eigenvalue weighted by molar-refractivity contribution is 5.92. The lowest BCUT2D eigenvalue weighted by Gasteiger charge is -2.27. The SMILES string of the molecule is CN(C[C@]1(c2ccccc2)CC1(C)C)C(=O)c1cc(N)n[nH]1. The quantitative estimate of drug-likeness (QED) is 0.910. The molecule has 1 heterocycles. The summed E-state index contributed by atoms with van der Waals surface area (Å²) >= 11 is 0. The van der Waals surface area contributed by atoms with E-state index >= 15 is 0 Å². The number of hydrogen-bond acceptors (Lipinski definition) is 3. The Bertz CT molecular complexity index is 692. The fraction of sp³-hybridized carbons (Fsp3) is 0.412. The van der Waals surface area contributed by atoms with Crippen LogP contribution in [0.15, 0.2) is 36.4 Å². The van der Waals surface area contributed by atoms with Crippen molar-refractivity contribution in [3.63, 3.8) is 0 Å². The van der Waals surface area contributed by atoms with Crippen molar-refractivity contribution in [2.45, 2.75) is 25.7 Å². The summed E-state index contributed by atoms with van der Waals surface area (Å²) in [5.41, 5.74) is 7.51. The molecule has 0 saturated heterocycles. The molecule has 1 aliphatic rings. The fourth-order valence-corrected chi connectivity index (χ4v) is 3.45. The standard InChI is InChI=1S/C17H22N4O/c1-16(2)10-17(16,12-7-5-4-6-8-12)11-21(3)15(22)13-9-14(18)20-19-13/h4-9H,10-11H2,1-3H3,(H3,18,19,20)/t17-/m0/s1. The van der Waals surface area contributed by atoms with Crippen molar-refractivity contribution in [3.8, 4) is 0 Å². The van der Waals surface area contributed by atoms with Crippen LogP contribution in [0.4, 0.5) is 5.82 Å². The Balaban J connectivity index is 1.83. The molecule has 0 radical (unpaired) electrons. The number of H-pyrrole nitrogens is 1. The van der Waals surface area contributed by atoms with Crippen LogP contribution < -0.4 is 5.73 Å². The number of hydrogen-bond donors (Lipinski definition) is 2. The van der Waals surface area contributed by atoms with Gasteiger partial charge in [-0.25, -0.2) is 0 Å². The zero-order valence-corrected chi connectivity index (χ0v) is 13.3. The van der Waals surface area contributed by atoms with Crippen LogP contribution in [0.1, 0.15) is 36.3 Å². The first kappa shape index (κ1) is 14.6. The summed E-state index contributed by atoms with van der Waals surface area (Å²) in [4.78, 5) is 14.3.